The molecule has 5 rings (SSSR count). The van der Waals surface area contributed by atoms with Crippen LogP contribution in [0.4, 0.5) is 5.82 Å². The maximum absolute atomic E-state index is 11.7. The number of aromatic nitrogens is 5. The lowest BCUT2D eigenvalue weighted by Gasteiger charge is -2.34. The number of carbonyl (C=O) groups is 1. The molecule has 1 saturated heterocycles. The highest BCUT2D eigenvalue weighted by atomic mass is 16.2. The molecule has 0 radical (unpaired) electrons. The van der Waals surface area contributed by atoms with E-state index < -0.39 is 0 Å². The van der Waals surface area contributed by atoms with E-state index in [0.29, 0.717) is 31.7 Å². The van der Waals surface area contributed by atoms with E-state index in [1.807, 2.05) is 44.7 Å². The fourth-order valence-corrected chi connectivity index (χ4v) is 4.42. The number of hydrogen-bond acceptors (Lipinski definition) is 6. The Morgan fingerprint density at radius 1 is 1.09 bits per heavy atom. The smallest absolute Gasteiger partial charge is 0.298 e. The van der Waals surface area contributed by atoms with Gasteiger partial charge in [0.15, 0.2) is 0 Å². The van der Waals surface area contributed by atoms with Crippen molar-refractivity contribution in [2.75, 3.05) is 31.1 Å². The zero-order chi connectivity index (χ0) is 23.8. The number of hydrogen-bond donors (Lipinski definition) is 0. The molecule has 0 N–H and O–H groups in total. The maximum Gasteiger partial charge on any atom is 0.298 e. The van der Waals surface area contributed by atoms with Crippen LogP contribution in [0.3, 0.4) is 0 Å². The summed E-state index contributed by atoms with van der Waals surface area (Å²) in [6.45, 7) is 4.44. The van der Waals surface area contributed by atoms with Crippen LogP contribution in [0.1, 0.15) is 11.3 Å². The highest BCUT2D eigenvalue weighted by Gasteiger charge is 2.21. The predicted octanol–water partition coefficient (Wildman–Crippen LogP) is 2.26. The lowest BCUT2D eigenvalue weighted by molar-refractivity contribution is -0.125. The molecule has 0 atom stereocenters. The number of rotatable bonds is 3. The van der Waals surface area contributed by atoms with Gasteiger partial charge >= 0.3 is 0 Å². The summed E-state index contributed by atoms with van der Waals surface area (Å²) in [5.41, 5.74) is 5.87. The van der Waals surface area contributed by atoms with Crippen molar-refractivity contribution in [1.29, 1.82) is 5.26 Å². The second-order valence-corrected chi connectivity index (χ2v) is 8.24. The van der Waals surface area contributed by atoms with Gasteiger partial charge in [0.2, 0.25) is 0 Å². The predicted molar refractivity (Wildman–Crippen MR) is 128 cm³/mol. The van der Waals surface area contributed by atoms with Gasteiger partial charge in [-0.25, -0.2) is 9.50 Å². The van der Waals surface area contributed by atoms with Crippen molar-refractivity contribution in [2.45, 2.75) is 6.92 Å². The Labute approximate surface area is 196 Å². The van der Waals surface area contributed by atoms with E-state index in [1.54, 1.807) is 20.3 Å². The van der Waals surface area contributed by atoms with Crippen molar-refractivity contribution in [3.63, 3.8) is 0 Å². The quantitative estimate of drug-likeness (QED) is 0.445. The molecule has 168 valence electrons. The van der Waals surface area contributed by atoms with E-state index in [-0.39, 0.29) is 5.91 Å². The largest absolute Gasteiger partial charge is 0.353 e. The van der Waals surface area contributed by atoms with Crippen molar-refractivity contribution in [3.8, 4) is 40.7 Å². The van der Waals surface area contributed by atoms with Crippen molar-refractivity contribution in [2.24, 2.45) is 7.05 Å². The van der Waals surface area contributed by atoms with Crippen LogP contribution in [0.25, 0.3) is 27.8 Å². The number of nitrogens with zero attached hydrogens (tertiary/aromatic N) is 8. The summed E-state index contributed by atoms with van der Waals surface area (Å²) >= 11 is 0. The molecule has 0 saturated carbocycles. The van der Waals surface area contributed by atoms with Crippen LogP contribution in [0.5, 0.6) is 0 Å². The molecule has 0 spiro atoms. The summed E-state index contributed by atoms with van der Waals surface area (Å²) in [6, 6.07) is 8.27. The number of piperazine rings is 1. The molecular formula is C25H22N8O. The standard InChI is InChI=1S/C25H22N8O/c1-4-24(34)32-9-7-31(8-10-32)23-6-5-18(13-27-23)21-11-19(22-16-30(3)29-17(22)2)15-33-25(21)20(12-26)14-28-33/h1,5-6,11,13-16H,7-10H2,2-3H3. The van der Waals surface area contributed by atoms with Crippen LogP contribution in [0, 0.1) is 30.6 Å². The highest BCUT2D eigenvalue weighted by Crippen LogP contribution is 2.33. The van der Waals surface area contributed by atoms with Crippen molar-refractivity contribution in [1.82, 2.24) is 29.3 Å². The van der Waals surface area contributed by atoms with Gasteiger partial charge in [-0.15, -0.1) is 6.42 Å². The normalized spacial score (nSPS) is 13.6. The second kappa shape index (κ2) is 8.38. The Balaban J connectivity index is 1.51. The van der Waals surface area contributed by atoms with Crippen LogP contribution in [0.15, 0.2) is 43.0 Å². The molecule has 0 bridgehead atoms. The van der Waals surface area contributed by atoms with Crippen LogP contribution in [-0.4, -0.2) is 61.4 Å². The monoisotopic (exact) mass is 450 g/mol. The molecule has 0 unspecified atom stereocenters. The first kappa shape index (κ1) is 21.2. The van der Waals surface area contributed by atoms with Crippen molar-refractivity contribution >= 4 is 17.2 Å². The third kappa shape index (κ3) is 3.63. The Morgan fingerprint density at radius 2 is 1.88 bits per heavy atom. The first-order valence-corrected chi connectivity index (χ1v) is 10.9. The first-order chi connectivity index (χ1) is 16.5. The second-order valence-electron chi connectivity index (χ2n) is 8.24. The molecule has 4 aromatic rings. The molecule has 9 heteroatoms. The SMILES string of the molecule is C#CC(=O)N1CCN(c2ccc(-c3cc(-c4cn(C)nc4C)cn4ncc(C#N)c34)cn2)CC1. The molecule has 1 aliphatic rings. The summed E-state index contributed by atoms with van der Waals surface area (Å²) in [5.74, 6) is 2.74. The molecule has 1 aliphatic heterocycles. The lowest BCUT2D eigenvalue weighted by atomic mass is 10.0. The van der Waals surface area contributed by atoms with Crippen molar-refractivity contribution in [3.05, 3.63) is 54.2 Å². The van der Waals surface area contributed by atoms with Crippen LogP contribution in [0.2, 0.25) is 0 Å². The highest BCUT2D eigenvalue weighted by molar-refractivity contribution is 5.93. The Bertz CT molecular complexity index is 1470. The molecule has 0 aliphatic carbocycles. The van der Waals surface area contributed by atoms with Crippen LogP contribution < -0.4 is 4.90 Å². The Hall–Kier alpha value is -4.63. The number of anilines is 1. The van der Waals surface area contributed by atoms with E-state index in [2.05, 4.69) is 33.2 Å². The van der Waals surface area contributed by atoms with Gasteiger partial charge in [-0.05, 0) is 31.0 Å². The van der Waals surface area contributed by atoms with E-state index in [1.165, 1.54) is 0 Å². The Morgan fingerprint density at radius 3 is 2.50 bits per heavy atom. The summed E-state index contributed by atoms with van der Waals surface area (Å²) in [5, 5.41) is 18.5. The lowest BCUT2D eigenvalue weighted by Crippen LogP contribution is -2.48. The fourth-order valence-electron chi connectivity index (χ4n) is 4.42. The average molecular weight is 451 g/mol. The maximum atomic E-state index is 11.7. The minimum atomic E-state index is -0.273. The van der Waals surface area contributed by atoms with Gasteiger partial charge in [0, 0.05) is 74.1 Å². The minimum absolute atomic E-state index is 0.273. The number of carbonyl (C=O) groups excluding carboxylic acids is 1. The number of nitriles is 1. The molecule has 1 amide bonds. The summed E-state index contributed by atoms with van der Waals surface area (Å²) in [6.07, 6.45) is 12.5. The fraction of sp³-hybridized carbons (Fsp3) is 0.240. The number of terminal acetylenes is 1. The van der Waals surface area contributed by atoms with Crippen LogP contribution >= 0.6 is 0 Å². The minimum Gasteiger partial charge on any atom is -0.353 e. The first-order valence-electron chi connectivity index (χ1n) is 10.9. The third-order valence-electron chi connectivity index (χ3n) is 6.13. The van der Waals surface area contributed by atoms with Gasteiger partial charge in [-0.1, -0.05) is 0 Å². The number of amides is 1. The van der Waals surface area contributed by atoms with E-state index >= 15 is 0 Å². The average Bonchev–Trinajstić information content (AvgIpc) is 3.44. The van der Waals surface area contributed by atoms with Gasteiger partial charge in [0.25, 0.3) is 5.91 Å². The number of aryl methyl sites for hydroxylation is 2. The molecule has 4 aromatic heterocycles. The van der Waals surface area contributed by atoms with E-state index in [0.717, 1.165) is 39.3 Å². The molecular weight excluding hydrogens is 428 g/mol. The molecule has 1 fully saturated rings. The molecule has 0 aromatic carbocycles. The van der Waals surface area contributed by atoms with E-state index in [4.69, 9.17) is 11.4 Å². The van der Waals surface area contributed by atoms with E-state index in [9.17, 15) is 10.1 Å². The van der Waals surface area contributed by atoms with Gasteiger partial charge in [0.05, 0.1) is 23.0 Å². The van der Waals surface area contributed by atoms with Gasteiger partial charge in [-0.2, -0.15) is 15.5 Å². The van der Waals surface area contributed by atoms with Gasteiger partial charge in [-0.3, -0.25) is 9.48 Å². The van der Waals surface area contributed by atoms with Gasteiger partial charge in [0.1, 0.15) is 11.9 Å². The molecule has 5 heterocycles. The summed E-state index contributed by atoms with van der Waals surface area (Å²) in [4.78, 5) is 20.2. The topological polar surface area (TPSA) is 95.4 Å². The van der Waals surface area contributed by atoms with Crippen molar-refractivity contribution < 1.29 is 4.79 Å². The molecule has 34 heavy (non-hydrogen) atoms. The zero-order valence-corrected chi connectivity index (χ0v) is 18.9. The zero-order valence-electron chi connectivity index (χ0n) is 18.9. The third-order valence-corrected chi connectivity index (χ3v) is 6.13. The summed E-state index contributed by atoms with van der Waals surface area (Å²) in [7, 11) is 1.89. The number of fused-ring (bicyclic) bond motifs is 1. The number of pyridine rings is 2. The van der Waals surface area contributed by atoms with Crippen LogP contribution in [-0.2, 0) is 11.8 Å². The Kier molecular flexibility index (Phi) is 5.23. The van der Waals surface area contributed by atoms with Gasteiger partial charge < -0.3 is 9.80 Å². The summed E-state index contributed by atoms with van der Waals surface area (Å²) < 4.78 is 3.52. The molecule has 9 nitrogen and oxygen atoms in total.